The monoisotopic (exact) mass is 682 g/mol. The van der Waals surface area contributed by atoms with E-state index in [0.29, 0.717) is 47.9 Å². The first-order chi connectivity index (χ1) is 22.3. The van der Waals surface area contributed by atoms with Gasteiger partial charge in [0, 0.05) is 50.0 Å². The topological polar surface area (TPSA) is 68.4 Å². The molecule has 46 heavy (non-hydrogen) atoms. The van der Waals surface area contributed by atoms with Crippen LogP contribution in [0.15, 0.2) is 124 Å². The van der Waals surface area contributed by atoms with Crippen LogP contribution in [-0.2, 0) is 11.3 Å². The molecule has 7 rings (SSSR count). The highest BCUT2D eigenvalue weighted by Gasteiger charge is 2.32. The van der Waals surface area contributed by atoms with Gasteiger partial charge in [-0.1, -0.05) is 101 Å². The molecule has 6 aromatic rings. The van der Waals surface area contributed by atoms with Crippen LogP contribution in [0, 0.1) is 0 Å². The highest BCUT2D eigenvalue weighted by atomic mass is 35.5. The van der Waals surface area contributed by atoms with Crippen molar-refractivity contribution in [2.45, 2.75) is 19.5 Å². The lowest BCUT2D eigenvalue weighted by Crippen LogP contribution is -2.40. The zero-order valence-corrected chi connectivity index (χ0v) is 27.5. The number of thiazole rings is 1. The number of fused-ring (bicyclic) bond motifs is 2. The summed E-state index contributed by atoms with van der Waals surface area (Å²) in [6.45, 7) is 2.33. The number of hydrogen-bond donors (Lipinski definition) is 1. The summed E-state index contributed by atoms with van der Waals surface area (Å²) in [6, 6.07) is 29.2. The summed E-state index contributed by atoms with van der Waals surface area (Å²) in [6.07, 6.45) is 3.92. The molecule has 0 spiro atoms. The molecule has 10 heteroatoms. The third-order valence-corrected chi connectivity index (χ3v) is 9.77. The molecule has 1 aliphatic rings. The van der Waals surface area contributed by atoms with Gasteiger partial charge in [-0.05, 0) is 66.6 Å². The molecule has 0 unspecified atom stereocenters. The van der Waals surface area contributed by atoms with Gasteiger partial charge < -0.3 is 9.88 Å². The fraction of sp³-hybridized carbons (Fsp3) is 0.0833. The quantitative estimate of drug-likeness (QED) is 0.194. The number of aromatic nitrogens is 2. The lowest BCUT2D eigenvalue weighted by molar-refractivity contribution is -0.113. The molecule has 0 fully saturated rings. The Labute approximate surface area is 283 Å². The Hall–Kier alpha value is -4.40. The van der Waals surface area contributed by atoms with Crippen LogP contribution in [0.1, 0.15) is 29.7 Å². The number of carbonyl (C=O) groups excluding carboxylic acids is 1. The molecule has 1 atom stereocenters. The second-order valence-corrected chi connectivity index (χ2v) is 13.2. The van der Waals surface area contributed by atoms with Crippen molar-refractivity contribution in [2.24, 2.45) is 4.99 Å². The molecule has 1 N–H and O–H groups in total. The Kier molecular flexibility index (Phi) is 8.17. The highest BCUT2D eigenvalue weighted by molar-refractivity contribution is 7.07. The molecule has 0 aliphatic carbocycles. The van der Waals surface area contributed by atoms with E-state index >= 15 is 0 Å². The summed E-state index contributed by atoms with van der Waals surface area (Å²) in [5.41, 5.74) is 4.90. The third kappa shape index (κ3) is 5.72. The molecule has 1 aliphatic heterocycles. The Bertz CT molecular complexity index is 2360. The summed E-state index contributed by atoms with van der Waals surface area (Å²) in [5.74, 6) is -0.328. The van der Waals surface area contributed by atoms with Gasteiger partial charge in [-0.2, -0.15) is 0 Å². The molecule has 0 saturated carbocycles. The van der Waals surface area contributed by atoms with Crippen molar-refractivity contribution in [1.82, 2.24) is 9.13 Å². The SMILES string of the molecule is CC1=C(C(=O)Nc2ccccc2)[C@H](c2ccc(Cl)cc2)n2c(s/c(=C\c3cn(Cc4ccc(Cl)cc4Cl)c4ccccc34)c2=O)=N1. The van der Waals surface area contributed by atoms with Crippen molar-refractivity contribution in [2.75, 3.05) is 5.32 Å². The molecule has 4 aromatic carbocycles. The van der Waals surface area contributed by atoms with Gasteiger partial charge in [0.25, 0.3) is 11.5 Å². The average Bonchev–Trinajstić information content (AvgIpc) is 3.54. The van der Waals surface area contributed by atoms with Gasteiger partial charge in [0.15, 0.2) is 4.80 Å². The number of rotatable bonds is 6. The molecular formula is C36H25Cl3N4O2S. The maximum Gasteiger partial charge on any atom is 0.271 e. The summed E-state index contributed by atoms with van der Waals surface area (Å²) in [4.78, 5) is 33.4. The number of halogens is 3. The summed E-state index contributed by atoms with van der Waals surface area (Å²) in [7, 11) is 0. The minimum Gasteiger partial charge on any atom is -0.342 e. The smallest absolute Gasteiger partial charge is 0.271 e. The van der Waals surface area contributed by atoms with Crippen molar-refractivity contribution >= 4 is 74.7 Å². The average molecular weight is 684 g/mol. The number of anilines is 1. The Morgan fingerprint density at radius 2 is 1.65 bits per heavy atom. The van der Waals surface area contributed by atoms with Crippen molar-refractivity contribution in [1.29, 1.82) is 0 Å². The van der Waals surface area contributed by atoms with E-state index in [4.69, 9.17) is 39.8 Å². The highest BCUT2D eigenvalue weighted by Crippen LogP contribution is 2.32. The molecule has 0 saturated heterocycles. The third-order valence-electron chi connectivity index (χ3n) is 7.95. The number of amides is 1. The minimum absolute atomic E-state index is 0.237. The first-order valence-corrected chi connectivity index (χ1v) is 16.4. The van der Waals surface area contributed by atoms with Crippen molar-refractivity contribution in [3.63, 3.8) is 0 Å². The van der Waals surface area contributed by atoms with Crippen molar-refractivity contribution in [3.05, 3.63) is 166 Å². The zero-order chi connectivity index (χ0) is 31.9. The van der Waals surface area contributed by atoms with Crippen molar-refractivity contribution < 1.29 is 4.79 Å². The van der Waals surface area contributed by atoms with Crippen LogP contribution in [-0.4, -0.2) is 15.0 Å². The second kappa shape index (κ2) is 12.4. The van der Waals surface area contributed by atoms with Crippen LogP contribution in [0.3, 0.4) is 0 Å². The van der Waals surface area contributed by atoms with E-state index in [9.17, 15) is 9.59 Å². The van der Waals surface area contributed by atoms with Crippen molar-refractivity contribution in [3.8, 4) is 0 Å². The van der Waals surface area contributed by atoms with Gasteiger partial charge in [-0.15, -0.1) is 0 Å². The lowest BCUT2D eigenvalue weighted by atomic mass is 9.95. The predicted octanol–water partition coefficient (Wildman–Crippen LogP) is 7.84. The second-order valence-electron chi connectivity index (χ2n) is 10.9. The van der Waals surface area contributed by atoms with Crippen LogP contribution >= 0.6 is 46.1 Å². The van der Waals surface area contributed by atoms with E-state index < -0.39 is 6.04 Å². The van der Waals surface area contributed by atoms with Gasteiger partial charge in [-0.3, -0.25) is 14.2 Å². The molecule has 1 amide bonds. The molecule has 6 nitrogen and oxygen atoms in total. The van der Waals surface area contributed by atoms with Crippen LogP contribution in [0.2, 0.25) is 15.1 Å². The number of nitrogens with one attached hydrogen (secondary N) is 1. The molecular weight excluding hydrogens is 659 g/mol. The summed E-state index contributed by atoms with van der Waals surface area (Å²) < 4.78 is 4.22. The Balaban J connectivity index is 1.35. The van der Waals surface area contributed by atoms with Gasteiger partial charge >= 0.3 is 0 Å². The number of benzene rings is 4. The summed E-state index contributed by atoms with van der Waals surface area (Å²) in [5, 5.41) is 5.70. The maximum atomic E-state index is 14.3. The lowest BCUT2D eigenvalue weighted by Gasteiger charge is -2.25. The van der Waals surface area contributed by atoms with E-state index in [1.807, 2.05) is 91.1 Å². The Morgan fingerprint density at radius 3 is 2.41 bits per heavy atom. The fourth-order valence-electron chi connectivity index (χ4n) is 5.79. The van der Waals surface area contributed by atoms with E-state index in [1.165, 1.54) is 11.3 Å². The van der Waals surface area contributed by atoms with Gasteiger partial charge in [0.05, 0.1) is 21.8 Å². The first kappa shape index (κ1) is 30.3. The number of nitrogens with zero attached hydrogens (tertiary/aromatic N) is 3. The predicted molar refractivity (Wildman–Crippen MR) is 188 cm³/mol. The van der Waals surface area contributed by atoms with E-state index in [-0.39, 0.29) is 11.5 Å². The number of para-hydroxylation sites is 2. The zero-order valence-electron chi connectivity index (χ0n) is 24.4. The molecule has 228 valence electrons. The molecule has 0 bridgehead atoms. The fourth-order valence-corrected chi connectivity index (χ4v) is 7.42. The van der Waals surface area contributed by atoms with Crippen LogP contribution in [0.4, 0.5) is 5.69 Å². The van der Waals surface area contributed by atoms with Gasteiger partial charge in [0.2, 0.25) is 0 Å². The summed E-state index contributed by atoms with van der Waals surface area (Å²) >= 11 is 20.2. The number of allylic oxidation sites excluding steroid dienone is 1. The van der Waals surface area contributed by atoms with Gasteiger partial charge in [0.1, 0.15) is 0 Å². The standard InChI is InChI=1S/C36H25Cl3N4O2S/c1-21-32(34(44)41-27-7-3-2-4-8-27)33(22-11-14-25(37)15-12-22)43-35(45)31(46-36(43)40-21)17-24-20-42(30-10-6-5-9-28(24)30)19-23-13-16-26(38)18-29(23)39/h2-18,20,33H,19H2,1H3,(H,41,44)/b31-17-/t33-/m0/s1. The van der Waals surface area contributed by atoms with E-state index in [0.717, 1.165) is 27.6 Å². The van der Waals surface area contributed by atoms with Crippen LogP contribution in [0.5, 0.6) is 0 Å². The molecule has 0 radical (unpaired) electrons. The Morgan fingerprint density at radius 1 is 0.935 bits per heavy atom. The van der Waals surface area contributed by atoms with E-state index in [1.54, 1.807) is 29.7 Å². The first-order valence-electron chi connectivity index (χ1n) is 14.4. The largest absolute Gasteiger partial charge is 0.342 e. The van der Waals surface area contributed by atoms with E-state index in [2.05, 4.69) is 9.88 Å². The maximum absolute atomic E-state index is 14.3. The number of hydrogen-bond acceptors (Lipinski definition) is 4. The normalized spacial score (nSPS) is 14.8. The van der Waals surface area contributed by atoms with Gasteiger partial charge in [-0.25, -0.2) is 4.99 Å². The molecule has 2 aromatic heterocycles. The number of carbonyl (C=O) groups is 1. The molecule has 3 heterocycles. The van der Waals surface area contributed by atoms with Crippen LogP contribution < -0.4 is 20.2 Å². The minimum atomic E-state index is -0.701. The van der Waals surface area contributed by atoms with Crippen LogP contribution in [0.25, 0.3) is 17.0 Å².